The minimum absolute atomic E-state index is 0.231. The normalized spacial score (nSPS) is 10.6. The summed E-state index contributed by atoms with van der Waals surface area (Å²) in [5.41, 5.74) is 1.10. The average Bonchev–Trinajstić information content (AvgIpc) is 2.07. The summed E-state index contributed by atoms with van der Waals surface area (Å²) in [7, 11) is 0. The third kappa shape index (κ3) is 2.98. The second-order valence-electron chi connectivity index (χ2n) is 2.11. The smallest absolute Gasteiger partial charge is 0.100 e. The van der Waals surface area contributed by atoms with Crippen LogP contribution in [0.2, 0.25) is 0 Å². The first kappa shape index (κ1) is 7.98. The standard InChI is InChI=1S/C9H10O2/c10-11-8-4-7-9-5-2-1-3-6-9/h1-7,10H,8H2/b7-4+. The Hall–Kier alpha value is -1.12. The highest BCUT2D eigenvalue weighted by Crippen LogP contribution is 1.99. The number of hydrogen-bond acceptors (Lipinski definition) is 2. The van der Waals surface area contributed by atoms with Crippen molar-refractivity contribution in [3.63, 3.8) is 0 Å². The van der Waals surface area contributed by atoms with Crippen LogP contribution in [0.25, 0.3) is 6.08 Å². The molecule has 0 saturated heterocycles. The van der Waals surface area contributed by atoms with E-state index in [1.807, 2.05) is 36.4 Å². The van der Waals surface area contributed by atoms with E-state index in [4.69, 9.17) is 5.26 Å². The molecule has 0 heterocycles. The molecule has 0 atom stereocenters. The van der Waals surface area contributed by atoms with Crippen molar-refractivity contribution in [2.24, 2.45) is 0 Å². The van der Waals surface area contributed by atoms with Crippen LogP contribution in [-0.4, -0.2) is 11.9 Å². The lowest BCUT2D eigenvalue weighted by molar-refractivity contribution is -0.231. The summed E-state index contributed by atoms with van der Waals surface area (Å²) in [5.74, 6) is 0. The van der Waals surface area contributed by atoms with Gasteiger partial charge in [0.15, 0.2) is 0 Å². The van der Waals surface area contributed by atoms with E-state index in [1.54, 1.807) is 6.08 Å². The molecule has 0 radical (unpaired) electrons. The van der Waals surface area contributed by atoms with Crippen LogP contribution in [0.5, 0.6) is 0 Å². The first-order chi connectivity index (χ1) is 5.43. The quantitative estimate of drug-likeness (QED) is 0.528. The molecule has 0 amide bonds. The van der Waals surface area contributed by atoms with Crippen molar-refractivity contribution in [1.82, 2.24) is 0 Å². The van der Waals surface area contributed by atoms with E-state index >= 15 is 0 Å². The summed E-state index contributed by atoms with van der Waals surface area (Å²) < 4.78 is 0. The van der Waals surface area contributed by atoms with E-state index in [1.165, 1.54) is 0 Å². The van der Waals surface area contributed by atoms with Gasteiger partial charge in [-0.1, -0.05) is 42.5 Å². The van der Waals surface area contributed by atoms with E-state index in [-0.39, 0.29) is 6.61 Å². The molecular weight excluding hydrogens is 140 g/mol. The summed E-state index contributed by atoms with van der Waals surface area (Å²) in [6.07, 6.45) is 3.63. The number of benzene rings is 1. The van der Waals surface area contributed by atoms with Gasteiger partial charge in [-0.25, -0.2) is 4.89 Å². The van der Waals surface area contributed by atoms with Crippen molar-refractivity contribution in [3.8, 4) is 0 Å². The van der Waals surface area contributed by atoms with Gasteiger partial charge < -0.3 is 0 Å². The molecular formula is C9H10O2. The summed E-state index contributed by atoms with van der Waals surface area (Å²) in [4.78, 5) is 3.88. The predicted octanol–water partition coefficient (Wildman–Crippen LogP) is 2.19. The van der Waals surface area contributed by atoms with Gasteiger partial charge in [0.1, 0.15) is 6.61 Å². The molecule has 0 unspecified atom stereocenters. The molecule has 0 aliphatic rings. The molecule has 0 saturated carbocycles. The zero-order chi connectivity index (χ0) is 7.94. The van der Waals surface area contributed by atoms with E-state index in [0.717, 1.165) is 5.56 Å². The summed E-state index contributed by atoms with van der Waals surface area (Å²) >= 11 is 0. The van der Waals surface area contributed by atoms with Crippen LogP contribution in [0.15, 0.2) is 36.4 Å². The van der Waals surface area contributed by atoms with Gasteiger partial charge in [0.05, 0.1) is 0 Å². The lowest BCUT2D eigenvalue weighted by Gasteiger charge is -1.89. The Bertz CT molecular complexity index is 216. The Morgan fingerprint density at radius 2 is 2.00 bits per heavy atom. The third-order valence-corrected chi connectivity index (χ3v) is 1.28. The van der Waals surface area contributed by atoms with Crippen LogP contribution in [0, 0.1) is 0 Å². The number of hydrogen-bond donors (Lipinski definition) is 1. The SMILES string of the molecule is OOC/C=C/c1ccccc1. The van der Waals surface area contributed by atoms with Crippen LogP contribution in [0.1, 0.15) is 5.56 Å². The molecule has 58 valence electrons. The average molecular weight is 150 g/mol. The monoisotopic (exact) mass is 150 g/mol. The second kappa shape index (κ2) is 4.66. The van der Waals surface area contributed by atoms with Crippen molar-refractivity contribution in [3.05, 3.63) is 42.0 Å². The van der Waals surface area contributed by atoms with Crippen molar-refractivity contribution >= 4 is 6.08 Å². The fraction of sp³-hybridized carbons (Fsp3) is 0.111. The van der Waals surface area contributed by atoms with Crippen molar-refractivity contribution in [1.29, 1.82) is 0 Å². The Labute approximate surface area is 65.7 Å². The fourth-order valence-electron chi connectivity index (χ4n) is 0.791. The highest BCUT2D eigenvalue weighted by molar-refractivity contribution is 5.48. The van der Waals surface area contributed by atoms with Crippen LogP contribution in [0.3, 0.4) is 0 Å². The molecule has 1 aromatic rings. The molecule has 0 aromatic heterocycles. The molecule has 1 N–H and O–H groups in total. The first-order valence-electron chi connectivity index (χ1n) is 3.41. The molecule has 0 fully saturated rings. The molecule has 0 aliphatic heterocycles. The highest BCUT2D eigenvalue weighted by Gasteiger charge is 1.80. The topological polar surface area (TPSA) is 29.5 Å². The molecule has 0 spiro atoms. The maximum Gasteiger partial charge on any atom is 0.100 e. The molecule has 11 heavy (non-hydrogen) atoms. The minimum Gasteiger partial charge on any atom is -0.252 e. The van der Waals surface area contributed by atoms with Crippen molar-refractivity contribution in [2.45, 2.75) is 0 Å². The van der Waals surface area contributed by atoms with Crippen LogP contribution < -0.4 is 0 Å². The number of rotatable bonds is 3. The van der Waals surface area contributed by atoms with Gasteiger partial charge in [-0.05, 0) is 5.56 Å². The molecule has 1 aromatic carbocycles. The highest BCUT2D eigenvalue weighted by atomic mass is 17.1. The Morgan fingerprint density at radius 3 is 2.64 bits per heavy atom. The summed E-state index contributed by atoms with van der Waals surface area (Å²) in [6, 6.07) is 9.83. The van der Waals surface area contributed by atoms with Gasteiger partial charge in [-0.3, -0.25) is 5.26 Å². The Morgan fingerprint density at radius 1 is 1.27 bits per heavy atom. The van der Waals surface area contributed by atoms with E-state index in [2.05, 4.69) is 4.89 Å². The lowest BCUT2D eigenvalue weighted by Crippen LogP contribution is -1.80. The van der Waals surface area contributed by atoms with Gasteiger partial charge in [0, 0.05) is 0 Å². The van der Waals surface area contributed by atoms with Gasteiger partial charge >= 0.3 is 0 Å². The van der Waals surface area contributed by atoms with E-state index in [0.29, 0.717) is 0 Å². The fourth-order valence-corrected chi connectivity index (χ4v) is 0.791. The molecule has 0 bridgehead atoms. The zero-order valence-electron chi connectivity index (χ0n) is 6.10. The first-order valence-corrected chi connectivity index (χ1v) is 3.41. The molecule has 0 aliphatic carbocycles. The maximum absolute atomic E-state index is 7.99. The van der Waals surface area contributed by atoms with Gasteiger partial charge in [-0.2, -0.15) is 0 Å². The zero-order valence-corrected chi connectivity index (χ0v) is 6.10. The second-order valence-corrected chi connectivity index (χ2v) is 2.11. The van der Waals surface area contributed by atoms with Crippen molar-refractivity contribution in [2.75, 3.05) is 6.61 Å². The van der Waals surface area contributed by atoms with Gasteiger partial charge in [-0.15, -0.1) is 0 Å². The lowest BCUT2D eigenvalue weighted by atomic mass is 10.2. The predicted molar refractivity (Wildman–Crippen MR) is 44.1 cm³/mol. The van der Waals surface area contributed by atoms with Crippen LogP contribution in [-0.2, 0) is 4.89 Å². The third-order valence-electron chi connectivity index (χ3n) is 1.28. The van der Waals surface area contributed by atoms with Gasteiger partial charge in [0.25, 0.3) is 0 Å². The summed E-state index contributed by atoms with van der Waals surface area (Å²) in [6.45, 7) is 0.231. The van der Waals surface area contributed by atoms with Crippen molar-refractivity contribution < 1.29 is 10.1 Å². The maximum atomic E-state index is 7.99. The largest absolute Gasteiger partial charge is 0.252 e. The Balaban J connectivity index is 2.50. The van der Waals surface area contributed by atoms with Crippen LogP contribution >= 0.6 is 0 Å². The van der Waals surface area contributed by atoms with E-state index < -0.39 is 0 Å². The molecule has 1 rings (SSSR count). The summed E-state index contributed by atoms with van der Waals surface area (Å²) in [5, 5.41) is 7.99. The Kier molecular flexibility index (Phi) is 3.38. The van der Waals surface area contributed by atoms with Crippen LogP contribution in [0.4, 0.5) is 0 Å². The molecule has 2 nitrogen and oxygen atoms in total. The molecule has 2 heteroatoms. The van der Waals surface area contributed by atoms with E-state index in [9.17, 15) is 0 Å². The van der Waals surface area contributed by atoms with Gasteiger partial charge in [0.2, 0.25) is 0 Å². The minimum atomic E-state index is 0.231.